The normalized spacial score (nSPS) is 11.6. The smallest absolute Gasteiger partial charge is 0.145 e. The Kier molecular flexibility index (Phi) is 18.2. The minimum absolute atomic E-state index is 0.972. The Morgan fingerprint density at radius 2 is 0.346 bits per heavy atom. The first kappa shape index (κ1) is 73.9. The van der Waals surface area contributed by atoms with Crippen molar-refractivity contribution in [1.82, 2.24) is 28.7 Å². The van der Waals surface area contributed by atoms with Crippen LogP contribution in [0.2, 0.25) is 0 Å². The van der Waals surface area contributed by atoms with E-state index in [1.54, 1.807) is 0 Å². The number of para-hydroxylation sites is 3. The molecule has 6 aromatic heterocycles. The largest absolute Gasteiger partial charge is 0.294 e. The lowest BCUT2D eigenvalue weighted by Gasteiger charge is -2.18. The number of hydrogen-bond donors (Lipinski definition) is 0. The van der Waals surface area contributed by atoms with Crippen molar-refractivity contribution >= 4 is 141 Å². The van der Waals surface area contributed by atoms with Crippen molar-refractivity contribution in [1.29, 1.82) is 0 Å². The van der Waals surface area contributed by atoms with Gasteiger partial charge in [0.15, 0.2) is 0 Å². The summed E-state index contributed by atoms with van der Waals surface area (Å²) in [6.07, 6.45) is 5.65. The van der Waals surface area contributed by atoms with E-state index in [4.69, 9.17) is 15.0 Å². The predicted molar refractivity (Wildman–Crippen MR) is 536 cm³/mol. The van der Waals surface area contributed by atoms with Crippen LogP contribution in [0.1, 0.15) is 0 Å². The molecule has 6 heteroatoms. The summed E-state index contributed by atoms with van der Waals surface area (Å²) >= 11 is 0. The fourth-order valence-electron chi connectivity index (χ4n) is 20.2. The maximum atomic E-state index is 4.83. The monoisotopic (exact) mass is 1610 g/mol. The van der Waals surface area contributed by atoms with Gasteiger partial charge in [0.2, 0.25) is 0 Å². The van der Waals surface area contributed by atoms with Crippen molar-refractivity contribution in [2.75, 3.05) is 0 Å². The van der Waals surface area contributed by atoms with Crippen LogP contribution in [0.25, 0.3) is 236 Å². The maximum Gasteiger partial charge on any atom is 0.145 e. The van der Waals surface area contributed by atoms with Gasteiger partial charge in [0, 0.05) is 68.0 Å². The molecule has 0 aliphatic heterocycles. The molecule has 0 radical (unpaired) electrons. The molecule has 0 saturated heterocycles. The van der Waals surface area contributed by atoms with Gasteiger partial charge in [-0.25, -0.2) is 15.0 Å². The molecule has 0 aliphatic carbocycles. The first-order chi connectivity index (χ1) is 63.1. The Morgan fingerprint density at radius 3 is 0.661 bits per heavy atom. The Morgan fingerprint density at radius 1 is 0.134 bits per heavy atom. The molecule has 0 aliphatic rings. The van der Waals surface area contributed by atoms with Crippen molar-refractivity contribution in [3.05, 3.63) is 474 Å². The summed E-state index contributed by atoms with van der Waals surface area (Å²) in [6.45, 7) is 0. The van der Waals surface area contributed by atoms with Crippen molar-refractivity contribution in [2.24, 2.45) is 0 Å². The second kappa shape index (κ2) is 31.2. The lowest BCUT2D eigenvalue weighted by molar-refractivity contribution is 1.14. The molecular weight excluding hydrogens is 1540 g/mol. The average molecular weight is 1620 g/mol. The molecule has 6 heterocycles. The van der Waals surface area contributed by atoms with Crippen LogP contribution < -0.4 is 0 Å². The standard InChI is InChI=1S/C43H28N2.C41H26N2.C37H24N2/c1-3-12-29(13-4-1)30-21-23-31(24-22-30)41-34-16-7-9-18-36(34)42(37-19-10-8-17-35(37)41)32-25-26-40-39(28-32)38-20-11-27-44-43(38)45(40)33-14-5-2-6-15-33;1-2-13-31(14-3-1)43-38-23-22-30(26-37(38)36-19-10-24-42-41(36)43)40-34-17-8-6-15-32(34)39(33-16-7-9-18-35(33)40)29-21-20-27-11-4-5-12-28(27)25-29;1-3-12-25(13-4-1)35-28-16-7-9-18-30(28)36(31-19-10-8-17-29(31)35)26-21-22-34-33(24-26)32-20-11-23-38-37(32)39(34)27-14-5-2-6-15-27/h1-28H;1-26H;1-24H. The summed E-state index contributed by atoms with van der Waals surface area (Å²) < 4.78 is 6.81. The SMILES string of the molecule is c1ccc(-c2c3ccccc3c(-c3ccc4c(c3)c3cccnc3n4-c3ccccc3)c3ccccc23)cc1.c1ccc(-c2ccc(-c3c4ccccc4c(-c4ccc5c(c4)c4cccnc4n5-c4ccccc4)c4ccccc34)cc2)cc1.c1ccc(-n2c3ccc(-c4c5ccccc5c(-c5ccc6ccccc6c5)c5ccccc45)cc3c3cccnc32)cc1. The van der Waals surface area contributed by atoms with E-state index < -0.39 is 0 Å². The van der Waals surface area contributed by atoms with Gasteiger partial charge >= 0.3 is 0 Å². The molecule has 26 rings (SSSR count). The van der Waals surface area contributed by atoms with Crippen LogP contribution in [0, 0.1) is 0 Å². The summed E-state index contributed by atoms with van der Waals surface area (Å²) in [6, 6.07) is 164. The average Bonchev–Trinajstić information content (AvgIpc) is 1.71. The fourth-order valence-corrected chi connectivity index (χ4v) is 20.2. The zero-order valence-corrected chi connectivity index (χ0v) is 69.2. The minimum atomic E-state index is 0.972. The highest BCUT2D eigenvalue weighted by Gasteiger charge is 2.25. The molecule has 0 amide bonds. The number of fused-ring (bicyclic) bond motifs is 16. The van der Waals surface area contributed by atoms with E-state index in [2.05, 4.69) is 450 Å². The van der Waals surface area contributed by atoms with Gasteiger partial charge in [-0.05, 0) is 269 Å². The van der Waals surface area contributed by atoms with Gasteiger partial charge in [0.05, 0.1) is 16.6 Å². The molecule has 0 saturated carbocycles. The Hall–Kier alpha value is -16.9. The highest BCUT2D eigenvalue weighted by molar-refractivity contribution is 6.26. The summed E-state index contributed by atoms with van der Waals surface area (Å²) in [5, 5.41) is 24.7. The fraction of sp³-hybridized carbons (Fsp3) is 0. The van der Waals surface area contributed by atoms with E-state index >= 15 is 0 Å². The number of hydrogen-bond acceptors (Lipinski definition) is 3. The first-order valence-corrected chi connectivity index (χ1v) is 43.4. The van der Waals surface area contributed by atoms with Crippen molar-refractivity contribution in [3.63, 3.8) is 0 Å². The first-order valence-electron chi connectivity index (χ1n) is 43.4. The Labute approximate surface area is 733 Å². The molecular formula is C121H78N6. The maximum absolute atomic E-state index is 4.83. The molecule has 0 atom stereocenters. The number of pyridine rings is 3. The molecule has 0 N–H and O–H groups in total. The van der Waals surface area contributed by atoms with Crippen LogP contribution in [0.5, 0.6) is 0 Å². The number of rotatable bonds is 10. The van der Waals surface area contributed by atoms with Gasteiger partial charge in [-0.15, -0.1) is 0 Å². The molecule has 127 heavy (non-hydrogen) atoms. The van der Waals surface area contributed by atoms with E-state index in [-0.39, 0.29) is 0 Å². The molecule has 26 aromatic rings. The zero-order chi connectivity index (χ0) is 83.8. The quantitative estimate of drug-likeness (QED) is 0.128. The van der Waals surface area contributed by atoms with Gasteiger partial charge in [-0.2, -0.15) is 0 Å². The molecule has 20 aromatic carbocycles. The summed E-state index contributed by atoms with van der Waals surface area (Å²) in [4.78, 5) is 14.5. The number of benzene rings is 20. The van der Waals surface area contributed by atoms with Crippen molar-refractivity contribution < 1.29 is 0 Å². The molecule has 0 unspecified atom stereocenters. The highest BCUT2D eigenvalue weighted by atomic mass is 15.1. The zero-order valence-electron chi connectivity index (χ0n) is 69.2. The van der Waals surface area contributed by atoms with E-state index in [9.17, 15) is 0 Å². The van der Waals surface area contributed by atoms with Crippen LogP contribution in [-0.4, -0.2) is 28.7 Å². The molecule has 6 nitrogen and oxygen atoms in total. The van der Waals surface area contributed by atoms with Gasteiger partial charge in [0.1, 0.15) is 16.9 Å². The Bertz CT molecular complexity index is 8630. The van der Waals surface area contributed by atoms with Gasteiger partial charge in [0.25, 0.3) is 0 Å². The molecule has 592 valence electrons. The van der Waals surface area contributed by atoms with Crippen LogP contribution in [-0.2, 0) is 0 Å². The summed E-state index contributed by atoms with van der Waals surface area (Å²) in [5.41, 5.74) is 27.2. The summed E-state index contributed by atoms with van der Waals surface area (Å²) in [5.74, 6) is 0. The van der Waals surface area contributed by atoms with Crippen molar-refractivity contribution in [3.8, 4) is 95.0 Å². The van der Waals surface area contributed by atoms with Gasteiger partial charge < -0.3 is 0 Å². The Balaban J connectivity index is 0.000000107. The van der Waals surface area contributed by atoms with E-state index in [1.165, 1.54) is 169 Å². The molecule has 0 spiro atoms. The van der Waals surface area contributed by atoms with Crippen molar-refractivity contribution in [2.45, 2.75) is 0 Å². The number of nitrogens with zero attached hydrogens (tertiary/aromatic N) is 6. The van der Waals surface area contributed by atoms with Gasteiger partial charge in [-0.3, -0.25) is 13.7 Å². The second-order valence-electron chi connectivity index (χ2n) is 32.7. The lowest BCUT2D eigenvalue weighted by atomic mass is 9.85. The van der Waals surface area contributed by atoms with Crippen LogP contribution in [0.15, 0.2) is 474 Å². The second-order valence-corrected chi connectivity index (χ2v) is 32.7. The topological polar surface area (TPSA) is 53.5 Å². The van der Waals surface area contributed by atoms with Crippen LogP contribution in [0.3, 0.4) is 0 Å². The lowest BCUT2D eigenvalue weighted by Crippen LogP contribution is -1.94. The molecule has 0 bridgehead atoms. The third-order valence-electron chi connectivity index (χ3n) is 25.7. The summed E-state index contributed by atoms with van der Waals surface area (Å²) in [7, 11) is 0. The number of aromatic nitrogens is 6. The third-order valence-corrected chi connectivity index (χ3v) is 25.7. The van der Waals surface area contributed by atoms with E-state index in [0.29, 0.717) is 0 Å². The third kappa shape index (κ3) is 12.6. The van der Waals surface area contributed by atoms with Gasteiger partial charge in [-0.1, -0.05) is 340 Å². The molecule has 0 fully saturated rings. The van der Waals surface area contributed by atoms with E-state index in [0.717, 1.165) is 66.7 Å². The van der Waals surface area contributed by atoms with Crippen LogP contribution in [0.4, 0.5) is 0 Å². The predicted octanol–water partition coefficient (Wildman–Crippen LogP) is 32.3. The highest BCUT2D eigenvalue weighted by Crippen LogP contribution is 2.50. The minimum Gasteiger partial charge on any atom is -0.294 e. The van der Waals surface area contributed by atoms with Crippen LogP contribution >= 0.6 is 0 Å². The van der Waals surface area contributed by atoms with E-state index in [1.807, 2.05) is 36.8 Å².